The van der Waals surface area contributed by atoms with E-state index in [-0.39, 0.29) is 0 Å². The molecule has 0 radical (unpaired) electrons. The van der Waals surface area contributed by atoms with Crippen LogP contribution in [0.5, 0.6) is 5.75 Å². The summed E-state index contributed by atoms with van der Waals surface area (Å²) >= 11 is 0. The molecule has 19 heavy (non-hydrogen) atoms. The first-order chi connectivity index (χ1) is 9.24. The lowest BCUT2D eigenvalue weighted by Crippen LogP contribution is -2.03. The molecule has 0 aliphatic carbocycles. The monoisotopic (exact) mass is 257 g/mol. The minimum Gasteiger partial charge on any atom is -0.494 e. The Morgan fingerprint density at radius 2 is 1.89 bits per heavy atom. The summed E-state index contributed by atoms with van der Waals surface area (Å²) in [6.07, 6.45) is 1.84. The highest BCUT2D eigenvalue weighted by Gasteiger charge is 2.06. The van der Waals surface area contributed by atoms with Gasteiger partial charge in [0.2, 0.25) is 5.95 Å². The summed E-state index contributed by atoms with van der Waals surface area (Å²) in [6.45, 7) is 7.51. The van der Waals surface area contributed by atoms with Crippen molar-refractivity contribution in [2.75, 3.05) is 18.5 Å². The van der Waals surface area contributed by atoms with Gasteiger partial charge in [-0.25, -0.2) is 9.97 Å². The molecule has 0 amide bonds. The van der Waals surface area contributed by atoms with E-state index in [2.05, 4.69) is 15.3 Å². The van der Waals surface area contributed by atoms with E-state index in [0.29, 0.717) is 12.6 Å². The SMILES string of the molecule is CCNc1ncc(C)c(-c2ccc(OCC)cc2)n1. The molecule has 0 fully saturated rings. The van der Waals surface area contributed by atoms with Crippen LogP contribution >= 0.6 is 0 Å². The number of hydrogen-bond acceptors (Lipinski definition) is 4. The lowest BCUT2D eigenvalue weighted by Gasteiger charge is -2.09. The molecule has 2 aromatic rings. The van der Waals surface area contributed by atoms with Crippen LogP contribution in [0.2, 0.25) is 0 Å². The Morgan fingerprint density at radius 3 is 2.53 bits per heavy atom. The second-order valence-corrected chi connectivity index (χ2v) is 4.21. The van der Waals surface area contributed by atoms with Crippen LogP contribution in [0.3, 0.4) is 0 Å². The molecule has 0 aliphatic rings. The molecular weight excluding hydrogens is 238 g/mol. The summed E-state index contributed by atoms with van der Waals surface area (Å²) in [5, 5.41) is 3.13. The van der Waals surface area contributed by atoms with E-state index >= 15 is 0 Å². The number of rotatable bonds is 5. The van der Waals surface area contributed by atoms with Crippen molar-refractivity contribution in [1.82, 2.24) is 9.97 Å². The summed E-state index contributed by atoms with van der Waals surface area (Å²) in [5.41, 5.74) is 3.09. The molecule has 0 unspecified atom stereocenters. The van der Waals surface area contributed by atoms with Gasteiger partial charge >= 0.3 is 0 Å². The third-order valence-corrected chi connectivity index (χ3v) is 2.75. The van der Waals surface area contributed by atoms with Gasteiger partial charge < -0.3 is 10.1 Å². The van der Waals surface area contributed by atoms with Crippen molar-refractivity contribution in [1.29, 1.82) is 0 Å². The average Bonchev–Trinajstić information content (AvgIpc) is 2.43. The molecule has 0 saturated heterocycles. The van der Waals surface area contributed by atoms with Crippen LogP contribution in [0.15, 0.2) is 30.5 Å². The Hall–Kier alpha value is -2.10. The van der Waals surface area contributed by atoms with Crippen LogP contribution in [0.25, 0.3) is 11.3 Å². The van der Waals surface area contributed by atoms with E-state index in [1.54, 1.807) is 0 Å². The Kier molecular flexibility index (Phi) is 4.34. The Morgan fingerprint density at radius 1 is 1.16 bits per heavy atom. The number of aromatic nitrogens is 2. The van der Waals surface area contributed by atoms with Crippen LogP contribution in [0, 0.1) is 6.92 Å². The molecule has 100 valence electrons. The molecule has 0 atom stereocenters. The quantitative estimate of drug-likeness (QED) is 0.893. The van der Waals surface area contributed by atoms with Crippen LogP contribution in [-0.4, -0.2) is 23.1 Å². The zero-order valence-corrected chi connectivity index (χ0v) is 11.6. The minimum absolute atomic E-state index is 0.664. The van der Waals surface area contributed by atoms with Gasteiger partial charge in [0.25, 0.3) is 0 Å². The molecule has 0 aliphatic heterocycles. The predicted molar refractivity (Wildman–Crippen MR) is 77.5 cm³/mol. The normalized spacial score (nSPS) is 10.3. The van der Waals surface area contributed by atoms with Crippen molar-refractivity contribution >= 4 is 5.95 Å². The summed E-state index contributed by atoms with van der Waals surface area (Å²) in [4.78, 5) is 8.80. The van der Waals surface area contributed by atoms with Crippen molar-refractivity contribution in [2.24, 2.45) is 0 Å². The summed E-state index contributed by atoms with van der Waals surface area (Å²) in [7, 11) is 0. The first-order valence-electron chi connectivity index (χ1n) is 6.55. The fraction of sp³-hybridized carbons (Fsp3) is 0.333. The largest absolute Gasteiger partial charge is 0.494 e. The van der Waals surface area contributed by atoms with Crippen LogP contribution in [0.1, 0.15) is 19.4 Å². The second kappa shape index (κ2) is 6.18. The zero-order valence-electron chi connectivity index (χ0n) is 11.6. The number of nitrogens with zero attached hydrogens (tertiary/aromatic N) is 2. The molecule has 2 rings (SSSR count). The Labute approximate surface area is 113 Å². The molecule has 4 nitrogen and oxygen atoms in total. The maximum atomic E-state index is 5.44. The van der Waals surface area contributed by atoms with Crippen molar-refractivity contribution in [2.45, 2.75) is 20.8 Å². The lowest BCUT2D eigenvalue weighted by molar-refractivity contribution is 0.340. The van der Waals surface area contributed by atoms with Gasteiger partial charge in [0.05, 0.1) is 12.3 Å². The number of nitrogens with one attached hydrogen (secondary N) is 1. The van der Waals surface area contributed by atoms with Crippen LogP contribution in [0.4, 0.5) is 5.95 Å². The average molecular weight is 257 g/mol. The first kappa shape index (κ1) is 13.3. The Balaban J connectivity index is 2.31. The van der Waals surface area contributed by atoms with Crippen molar-refractivity contribution in [3.63, 3.8) is 0 Å². The second-order valence-electron chi connectivity index (χ2n) is 4.21. The highest BCUT2D eigenvalue weighted by molar-refractivity contribution is 5.64. The number of anilines is 1. The highest BCUT2D eigenvalue weighted by atomic mass is 16.5. The van der Waals surface area contributed by atoms with Crippen molar-refractivity contribution in [3.05, 3.63) is 36.0 Å². The topological polar surface area (TPSA) is 47.0 Å². The van der Waals surface area contributed by atoms with E-state index in [9.17, 15) is 0 Å². The third-order valence-electron chi connectivity index (χ3n) is 2.75. The van der Waals surface area contributed by atoms with Crippen molar-refractivity contribution in [3.8, 4) is 17.0 Å². The summed E-state index contributed by atoms with van der Waals surface area (Å²) in [5.74, 6) is 1.54. The molecule has 4 heteroatoms. The number of hydrogen-bond donors (Lipinski definition) is 1. The summed E-state index contributed by atoms with van der Waals surface area (Å²) < 4.78 is 5.44. The number of benzene rings is 1. The van der Waals surface area contributed by atoms with Gasteiger partial charge in [-0.2, -0.15) is 0 Å². The van der Waals surface area contributed by atoms with Gasteiger partial charge in [-0.15, -0.1) is 0 Å². The Bertz CT molecular complexity index is 538. The number of ether oxygens (including phenoxy) is 1. The molecular formula is C15H19N3O. The fourth-order valence-corrected chi connectivity index (χ4v) is 1.85. The molecule has 0 bridgehead atoms. The van der Waals surface area contributed by atoms with Gasteiger partial charge in [0.15, 0.2) is 0 Å². The molecule has 1 aromatic heterocycles. The van der Waals surface area contributed by atoms with E-state index in [1.807, 2.05) is 51.2 Å². The lowest BCUT2D eigenvalue weighted by atomic mass is 10.1. The molecule has 0 spiro atoms. The molecule has 0 saturated carbocycles. The molecule has 1 N–H and O–H groups in total. The van der Waals surface area contributed by atoms with Crippen LogP contribution in [-0.2, 0) is 0 Å². The molecule has 1 aromatic carbocycles. The first-order valence-corrected chi connectivity index (χ1v) is 6.55. The summed E-state index contributed by atoms with van der Waals surface area (Å²) in [6, 6.07) is 7.98. The minimum atomic E-state index is 0.664. The standard InChI is InChI=1S/C15H19N3O/c1-4-16-15-17-10-11(3)14(18-15)12-6-8-13(9-7-12)19-5-2/h6-10H,4-5H2,1-3H3,(H,16,17,18). The number of aryl methyl sites for hydroxylation is 1. The highest BCUT2D eigenvalue weighted by Crippen LogP contribution is 2.24. The van der Waals surface area contributed by atoms with E-state index in [0.717, 1.165) is 29.1 Å². The maximum Gasteiger partial charge on any atom is 0.223 e. The van der Waals surface area contributed by atoms with Gasteiger partial charge in [0, 0.05) is 18.3 Å². The van der Waals surface area contributed by atoms with Gasteiger partial charge in [-0.05, 0) is 50.6 Å². The zero-order chi connectivity index (χ0) is 13.7. The third kappa shape index (κ3) is 3.22. The van der Waals surface area contributed by atoms with E-state index in [4.69, 9.17) is 4.74 Å². The maximum absolute atomic E-state index is 5.44. The van der Waals surface area contributed by atoms with E-state index < -0.39 is 0 Å². The van der Waals surface area contributed by atoms with E-state index in [1.165, 1.54) is 0 Å². The predicted octanol–water partition coefficient (Wildman–Crippen LogP) is 3.28. The van der Waals surface area contributed by atoms with Crippen LogP contribution < -0.4 is 10.1 Å². The van der Waals surface area contributed by atoms with Crippen molar-refractivity contribution < 1.29 is 4.74 Å². The molecule has 1 heterocycles. The fourth-order valence-electron chi connectivity index (χ4n) is 1.85. The smallest absolute Gasteiger partial charge is 0.223 e. The van der Waals surface area contributed by atoms with Gasteiger partial charge in [-0.3, -0.25) is 0 Å². The van der Waals surface area contributed by atoms with Gasteiger partial charge in [-0.1, -0.05) is 0 Å². The van der Waals surface area contributed by atoms with Gasteiger partial charge in [0.1, 0.15) is 5.75 Å².